The second-order valence-corrected chi connectivity index (χ2v) is 6.25. The molecule has 0 radical (unpaired) electrons. The minimum Gasteiger partial charge on any atom is -0.310 e. The summed E-state index contributed by atoms with van der Waals surface area (Å²) in [7, 11) is 0. The number of aryl methyl sites for hydroxylation is 1. The zero-order chi connectivity index (χ0) is 14.2. The lowest BCUT2D eigenvalue weighted by Crippen LogP contribution is -2.15. The van der Waals surface area contributed by atoms with Crippen molar-refractivity contribution in [2.75, 3.05) is 0 Å². The van der Waals surface area contributed by atoms with Gasteiger partial charge in [-0.05, 0) is 26.2 Å². The second kappa shape index (κ2) is 8.46. The van der Waals surface area contributed by atoms with Crippen LogP contribution in [0.5, 0.6) is 0 Å². The predicted octanol–water partition coefficient (Wildman–Crippen LogP) is 4.19. The van der Waals surface area contributed by atoms with E-state index in [1.165, 1.54) is 69.0 Å². The van der Waals surface area contributed by atoms with E-state index in [1.54, 1.807) is 0 Å². The number of hydrogen-bond acceptors (Lipinski definition) is 2. The summed E-state index contributed by atoms with van der Waals surface area (Å²) in [6.45, 7) is 6.56. The highest BCUT2D eigenvalue weighted by Gasteiger charge is 2.20. The van der Waals surface area contributed by atoms with Gasteiger partial charge in [-0.2, -0.15) is 5.10 Å². The molecule has 1 N–H and O–H groups in total. The fraction of sp³-hybridized carbons (Fsp3) is 0.824. The van der Waals surface area contributed by atoms with Crippen molar-refractivity contribution in [3.8, 4) is 0 Å². The summed E-state index contributed by atoms with van der Waals surface area (Å²) in [6, 6.07) is 0.779. The first-order valence-electron chi connectivity index (χ1n) is 8.56. The van der Waals surface area contributed by atoms with Crippen molar-refractivity contribution < 1.29 is 0 Å². The van der Waals surface area contributed by atoms with E-state index in [4.69, 9.17) is 0 Å². The van der Waals surface area contributed by atoms with Gasteiger partial charge in [0.1, 0.15) is 0 Å². The zero-order valence-electron chi connectivity index (χ0n) is 13.3. The van der Waals surface area contributed by atoms with E-state index in [-0.39, 0.29) is 0 Å². The van der Waals surface area contributed by atoms with Gasteiger partial charge in [0.15, 0.2) is 0 Å². The van der Waals surface area contributed by atoms with Crippen LogP contribution in [0, 0.1) is 6.92 Å². The lowest BCUT2D eigenvalue weighted by Gasteiger charge is -2.06. The normalized spacial score (nSPS) is 14.9. The highest BCUT2D eigenvalue weighted by molar-refractivity contribution is 5.16. The molecule has 2 rings (SSSR count). The third-order valence-electron chi connectivity index (χ3n) is 4.34. The van der Waals surface area contributed by atoms with Crippen LogP contribution in [0.4, 0.5) is 0 Å². The van der Waals surface area contributed by atoms with Gasteiger partial charge < -0.3 is 5.32 Å². The molecule has 1 aliphatic rings. The minimum absolute atomic E-state index is 0.779. The largest absolute Gasteiger partial charge is 0.310 e. The van der Waals surface area contributed by atoms with Crippen LogP contribution >= 0.6 is 0 Å². The maximum Gasteiger partial charge on any atom is 0.0537 e. The molecule has 1 aliphatic carbocycles. The van der Waals surface area contributed by atoms with Gasteiger partial charge >= 0.3 is 0 Å². The summed E-state index contributed by atoms with van der Waals surface area (Å²) in [6.07, 6.45) is 14.3. The Kier molecular flexibility index (Phi) is 6.58. The first kappa shape index (κ1) is 15.6. The number of nitrogens with one attached hydrogen (secondary N) is 1. The van der Waals surface area contributed by atoms with E-state index in [1.807, 2.05) is 6.20 Å². The third kappa shape index (κ3) is 5.28. The van der Waals surface area contributed by atoms with Crippen LogP contribution < -0.4 is 5.32 Å². The molecule has 0 unspecified atom stereocenters. The second-order valence-electron chi connectivity index (χ2n) is 6.25. The summed E-state index contributed by atoms with van der Waals surface area (Å²) >= 11 is 0. The number of unbranched alkanes of at least 4 members (excludes halogenated alkanes) is 6. The molecule has 3 nitrogen and oxygen atoms in total. The van der Waals surface area contributed by atoms with Gasteiger partial charge in [-0.15, -0.1) is 0 Å². The molecule has 0 atom stereocenters. The Morgan fingerprint density at radius 2 is 1.85 bits per heavy atom. The molecule has 0 saturated heterocycles. The Morgan fingerprint density at radius 3 is 2.55 bits per heavy atom. The third-order valence-corrected chi connectivity index (χ3v) is 4.34. The topological polar surface area (TPSA) is 29.9 Å². The minimum atomic E-state index is 0.779. The molecule has 114 valence electrons. The van der Waals surface area contributed by atoms with Crippen molar-refractivity contribution in [1.29, 1.82) is 0 Å². The van der Waals surface area contributed by atoms with Gasteiger partial charge in [0.25, 0.3) is 0 Å². The standard InChI is InChI=1S/C17H31N3/c1-3-4-5-6-7-8-9-12-20-15(2)16(14-19-20)13-18-17-10-11-17/h14,17-18H,3-13H2,1-2H3. The van der Waals surface area contributed by atoms with Crippen LogP contribution in [0.1, 0.15) is 76.0 Å². The molecule has 1 aromatic rings. The average molecular weight is 277 g/mol. The monoisotopic (exact) mass is 277 g/mol. The summed E-state index contributed by atoms with van der Waals surface area (Å²) in [5.41, 5.74) is 2.73. The van der Waals surface area contributed by atoms with Crippen molar-refractivity contribution in [3.05, 3.63) is 17.5 Å². The van der Waals surface area contributed by atoms with E-state index in [0.717, 1.165) is 19.1 Å². The Balaban J connectivity index is 1.60. The molecule has 1 heterocycles. The summed E-state index contributed by atoms with van der Waals surface area (Å²) < 4.78 is 2.19. The Labute approximate surface area is 124 Å². The molecule has 1 fully saturated rings. The highest BCUT2D eigenvalue weighted by atomic mass is 15.3. The quantitative estimate of drug-likeness (QED) is 0.615. The Morgan fingerprint density at radius 1 is 1.15 bits per heavy atom. The molecule has 0 aromatic carbocycles. The SMILES string of the molecule is CCCCCCCCCn1ncc(CNC2CC2)c1C. The van der Waals surface area contributed by atoms with Gasteiger partial charge in [0.2, 0.25) is 0 Å². The number of rotatable bonds is 11. The van der Waals surface area contributed by atoms with Gasteiger partial charge in [0.05, 0.1) is 6.20 Å². The van der Waals surface area contributed by atoms with Crippen molar-refractivity contribution in [1.82, 2.24) is 15.1 Å². The van der Waals surface area contributed by atoms with Crippen LogP contribution in [0.2, 0.25) is 0 Å². The molecule has 0 amide bonds. The van der Waals surface area contributed by atoms with Gasteiger partial charge in [-0.25, -0.2) is 0 Å². The van der Waals surface area contributed by atoms with E-state index in [9.17, 15) is 0 Å². The van der Waals surface area contributed by atoms with Crippen molar-refractivity contribution in [3.63, 3.8) is 0 Å². The molecule has 1 aromatic heterocycles. The van der Waals surface area contributed by atoms with Crippen LogP contribution in [0.25, 0.3) is 0 Å². The van der Waals surface area contributed by atoms with Crippen LogP contribution in [-0.2, 0) is 13.1 Å². The predicted molar refractivity (Wildman–Crippen MR) is 84.8 cm³/mol. The van der Waals surface area contributed by atoms with Gasteiger partial charge in [0, 0.05) is 30.4 Å². The summed E-state index contributed by atoms with van der Waals surface area (Å²) in [5.74, 6) is 0. The fourth-order valence-electron chi connectivity index (χ4n) is 2.64. The summed E-state index contributed by atoms with van der Waals surface area (Å²) in [4.78, 5) is 0. The molecule has 0 spiro atoms. The zero-order valence-corrected chi connectivity index (χ0v) is 13.3. The van der Waals surface area contributed by atoms with Crippen molar-refractivity contribution >= 4 is 0 Å². The average Bonchev–Trinajstić information content (AvgIpc) is 3.22. The Hall–Kier alpha value is -0.830. The lowest BCUT2D eigenvalue weighted by atomic mass is 10.1. The fourth-order valence-corrected chi connectivity index (χ4v) is 2.64. The van der Waals surface area contributed by atoms with Gasteiger partial charge in [-0.1, -0.05) is 45.4 Å². The van der Waals surface area contributed by atoms with E-state index in [2.05, 4.69) is 28.9 Å². The van der Waals surface area contributed by atoms with Gasteiger partial charge in [-0.3, -0.25) is 4.68 Å². The van der Waals surface area contributed by atoms with Crippen LogP contribution in [0.3, 0.4) is 0 Å². The van der Waals surface area contributed by atoms with Crippen molar-refractivity contribution in [2.45, 2.75) is 90.8 Å². The molecular weight excluding hydrogens is 246 g/mol. The first-order valence-corrected chi connectivity index (χ1v) is 8.56. The lowest BCUT2D eigenvalue weighted by molar-refractivity contribution is 0.515. The molecule has 0 aliphatic heterocycles. The smallest absolute Gasteiger partial charge is 0.0537 e. The molecule has 1 saturated carbocycles. The van der Waals surface area contributed by atoms with Crippen molar-refractivity contribution in [2.24, 2.45) is 0 Å². The molecule has 3 heteroatoms. The highest BCUT2D eigenvalue weighted by Crippen LogP contribution is 2.20. The number of aromatic nitrogens is 2. The number of nitrogens with zero attached hydrogens (tertiary/aromatic N) is 2. The molecular formula is C17H31N3. The molecule has 20 heavy (non-hydrogen) atoms. The van der Waals surface area contributed by atoms with Crippen LogP contribution in [0.15, 0.2) is 6.20 Å². The number of hydrogen-bond donors (Lipinski definition) is 1. The van der Waals surface area contributed by atoms with E-state index < -0.39 is 0 Å². The summed E-state index contributed by atoms with van der Waals surface area (Å²) in [5, 5.41) is 8.11. The maximum absolute atomic E-state index is 4.54. The first-order chi connectivity index (χ1) is 9.81. The van der Waals surface area contributed by atoms with E-state index >= 15 is 0 Å². The van der Waals surface area contributed by atoms with E-state index in [0.29, 0.717) is 0 Å². The molecule has 0 bridgehead atoms. The maximum atomic E-state index is 4.54. The Bertz CT molecular complexity index is 380. The van der Waals surface area contributed by atoms with Crippen LogP contribution in [-0.4, -0.2) is 15.8 Å².